The third-order valence-electron chi connectivity index (χ3n) is 6.25. The number of anilines is 1. The van der Waals surface area contributed by atoms with Gasteiger partial charge in [-0.05, 0) is 48.9 Å². The van der Waals surface area contributed by atoms with Crippen molar-refractivity contribution in [3.63, 3.8) is 0 Å². The van der Waals surface area contributed by atoms with Crippen LogP contribution in [-0.2, 0) is 11.3 Å². The number of likely N-dealkylation sites (tertiary alicyclic amines) is 1. The van der Waals surface area contributed by atoms with Crippen molar-refractivity contribution in [1.82, 2.24) is 9.80 Å². The topological polar surface area (TPSA) is 69.9 Å². The number of thioether (sulfide) groups is 1. The summed E-state index contributed by atoms with van der Waals surface area (Å²) in [6, 6.07) is 15.9. The molecule has 0 aliphatic carbocycles. The molecule has 31 heavy (non-hydrogen) atoms. The van der Waals surface area contributed by atoms with Gasteiger partial charge in [0.25, 0.3) is 5.91 Å². The lowest BCUT2D eigenvalue weighted by Gasteiger charge is -2.36. The molecule has 2 saturated heterocycles. The summed E-state index contributed by atoms with van der Waals surface area (Å²) in [4.78, 5) is 32.2. The van der Waals surface area contributed by atoms with Crippen molar-refractivity contribution in [2.45, 2.75) is 30.3 Å². The SMILES string of the molecule is CSc1ccccc1N1CCN(Cc2ccc(C(=O)N3CCC[C@H]3C(N)=O)cc2)CC1. The summed E-state index contributed by atoms with van der Waals surface area (Å²) in [6.45, 7) is 5.52. The van der Waals surface area contributed by atoms with E-state index in [1.54, 1.807) is 16.7 Å². The number of rotatable bonds is 6. The van der Waals surface area contributed by atoms with Crippen LogP contribution in [0.5, 0.6) is 0 Å². The summed E-state index contributed by atoms with van der Waals surface area (Å²) in [6.07, 6.45) is 3.61. The molecule has 164 valence electrons. The van der Waals surface area contributed by atoms with Crippen LogP contribution < -0.4 is 10.6 Å². The third-order valence-corrected chi connectivity index (χ3v) is 7.03. The number of carbonyl (C=O) groups excluding carboxylic acids is 2. The molecule has 2 aliphatic rings. The Balaban J connectivity index is 1.33. The van der Waals surface area contributed by atoms with Crippen LogP contribution in [-0.4, -0.2) is 66.6 Å². The molecule has 7 heteroatoms. The van der Waals surface area contributed by atoms with E-state index in [-0.39, 0.29) is 5.91 Å². The van der Waals surface area contributed by atoms with Gasteiger partial charge in [0, 0.05) is 49.7 Å². The second-order valence-corrected chi connectivity index (χ2v) is 9.04. The Morgan fingerprint density at radius 2 is 1.71 bits per heavy atom. The largest absolute Gasteiger partial charge is 0.368 e. The van der Waals surface area contributed by atoms with Crippen molar-refractivity contribution < 1.29 is 9.59 Å². The number of hydrogen-bond acceptors (Lipinski definition) is 5. The van der Waals surface area contributed by atoms with Crippen molar-refractivity contribution in [1.29, 1.82) is 0 Å². The Bertz CT molecular complexity index is 925. The first-order valence-electron chi connectivity index (χ1n) is 10.9. The molecule has 0 bridgehead atoms. The molecular weight excluding hydrogens is 408 g/mol. The minimum Gasteiger partial charge on any atom is -0.368 e. The van der Waals surface area contributed by atoms with Gasteiger partial charge in [-0.15, -0.1) is 11.8 Å². The highest BCUT2D eigenvalue weighted by molar-refractivity contribution is 7.98. The minimum atomic E-state index is -0.472. The maximum Gasteiger partial charge on any atom is 0.254 e. The number of nitrogens with zero attached hydrogens (tertiary/aromatic N) is 3. The van der Waals surface area contributed by atoms with Gasteiger partial charge in [0.15, 0.2) is 0 Å². The predicted octanol–water partition coefficient (Wildman–Crippen LogP) is 2.82. The molecule has 0 aromatic heterocycles. The number of hydrogen-bond donors (Lipinski definition) is 1. The van der Waals surface area contributed by atoms with E-state index >= 15 is 0 Å². The van der Waals surface area contributed by atoms with Gasteiger partial charge in [0.05, 0.1) is 5.69 Å². The van der Waals surface area contributed by atoms with Crippen molar-refractivity contribution in [3.8, 4) is 0 Å². The van der Waals surface area contributed by atoms with E-state index in [0.29, 0.717) is 18.5 Å². The molecule has 0 spiro atoms. The minimum absolute atomic E-state index is 0.103. The van der Waals surface area contributed by atoms with Gasteiger partial charge in [-0.1, -0.05) is 24.3 Å². The average Bonchev–Trinajstić information content (AvgIpc) is 3.30. The summed E-state index contributed by atoms with van der Waals surface area (Å²) >= 11 is 1.79. The van der Waals surface area contributed by atoms with Crippen LogP contribution in [0.3, 0.4) is 0 Å². The fourth-order valence-electron chi connectivity index (χ4n) is 4.52. The number of nitrogens with two attached hydrogens (primary N) is 1. The number of piperazine rings is 1. The Hall–Kier alpha value is -2.51. The molecule has 0 unspecified atom stereocenters. The molecule has 0 radical (unpaired) electrons. The quantitative estimate of drug-likeness (QED) is 0.703. The van der Waals surface area contributed by atoms with Gasteiger partial charge in [-0.25, -0.2) is 0 Å². The van der Waals surface area contributed by atoms with E-state index in [1.807, 2.05) is 24.3 Å². The molecule has 2 heterocycles. The highest BCUT2D eigenvalue weighted by Crippen LogP contribution is 2.29. The molecule has 2 aliphatic heterocycles. The lowest BCUT2D eigenvalue weighted by atomic mass is 10.1. The zero-order chi connectivity index (χ0) is 21.8. The lowest BCUT2D eigenvalue weighted by Crippen LogP contribution is -2.46. The summed E-state index contributed by atoms with van der Waals surface area (Å²) in [5, 5.41) is 0. The first-order valence-corrected chi connectivity index (χ1v) is 12.1. The number of amides is 2. The number of para-hydroxylation sites is 1. The van der Waals surface area contributed by atoms with Crippen molar-refractivity contribution in [2.75, 3.05) is 43.9 Å². The fraction of sp³-hybridized carbons (Fsp3) is 0.417. The standard InChI is InChI=1S/C24H30N4O2S/c1-31-22-7-3-2-5-20(22)27-15-13-26(14-16-27)17-18-8-10-19(11-9-18)24(30)28-12-4-6-21(28)23(25)29/h2-3,5,7-11,21H,4,6,12-17H2,1H3,(H2,25,29)/t21-/m0/s1. The lowest BCUT2D eigenvalue weighted by molar-refractivity contribution is -0.121. The third kappa shape index (κ3) is 4.88. The monoisotopic (exact) mass is 438 g/mol. The van der Waals surface area contributed by atoms with Crippen LogP contribution in [0.25, 0.3) is 0 Å². The van der Waals surface area contributed by atoms with Gasteiger partial charge in [-0.3, -0.25) is 14.5 Å². The molecule has 6 nitrogen and oxygen atoms in total. The van der Waals surface area contributed by atoms with Gasteiger partial charge < -0.3 is 15.5 Å². The van der Waals surface area contributed by atoms with Crippen LogP contribution >= 0.6 is 11.8 Å². The highest BCUT2D eigenvalue weighted by atomic mass is 32.2. The second kappa shape index (κ2) is 9.75. The molecule has 4 rings (SSSR count). The molecule has 2 amide bonds. The van der Waals surface area contributed by atoms with E-state index in [4.69, 9.17) is 5.73 Å². The van der Waals surface area contributed by atoms with Crippen LogP contribution in [0, 0.1) is 0 Å². The first kappa shape index (κ1) is 21.7. The van der Waals surface area contributed by atoms with Crippen molar-refractivity contribution in [3.05, 3.63) is 59.7 Å². The Morgan fingerprint density at radius 1 is 1.00 bits per heavy atom. The first-order chi connectivity index (χ1) is 15.1. The predicted molar refractivity (Wildman–Crippen MR) is 125 cm³/mol. The number of carbonyl (C=O) groups is 2. The molecule has 2 aromatic carbocycles. The highest BCUT2D eigenvalue weighted by Gasteiger charge is 2.33. The summed E-state index contributed by atoms with van der Waals surface area (Å²) in [7, 11) is 0. The zero-order valence-corrected chi connectivity index (χ0v) is 18.8. The molecule has 1 atom stereocenters. The van der Waals surface area contributed by atoms with Crippen LogP contribution in [0.15, 0.2) is 53.4 Å². The molecule has 2 N–H and O–H groups in total. The van der Waals surface area contributed by atoms with Gasteiger partial charge in [0.1, 0.15) is 6.04 Å². The van der Waals surface area contributed by atoms with Gasteiger partial charge in [0.2, 0.25) is 5.91 Å². The number of primary amides is 1. The Morgan fingerprint density at radius 3 is 2.39 bits per heavy atom. The van der Waals surface area contributed by atoms with E-state index < -0.39 is 11.9 Å². The average molecular weight is 439 g/mol. The van der Waals surface area contributed by atoms with Crippen LogP contribution in [0.1, 0.15) is 28.8 Å². The normalized spacial score (nSPS) is 19.6. The summed E-state index contributed by atoms with van der Waals surface area (Å²) < 4.78 is 0. The Labute approximate surface area is 188 Å². The molecular formula is C24H30N4O2S. The van der Waals surface area contributed by atoms with E-state index in [1.165, 1.54) is 16.1 Å². The van der Waals surface area contributed by atoms with Crippen molar-refractivity contribution >= 4 is 29.3 Å². The van der Waals surface area contributed by atoms with Crippen LogP contribution in [0.2, 0.25) is 0 Å². The van der Waals surface area contributed by atoms with Gasteiger partial charge in [-0.2, -0.15) is 0 Å². The maximum atomic E-state index is 12.8. The summed E-state index contributed by atoms with van der Waals surface area (Å²) in [5.74, 6) is -0.518. The van der Waals surface area contributed by atoms with Gasteiger partial charge >= 0.3 is 0 Å². The second-order valence-electron chi connectivity index (χ2n) is 8.19. The number of benzene rings is 2. The fourth-order valence-corrected chi connectivity index (χ4v) is 5.14. The maximum absolute atomic E-state index is 12.8. The summed E-state index contributed by atoms with van der Waals surface area (Å²) in [5.41, 5.74) is 8.60. The van der Waals surface area contributed by atoms with E-state index in [9.17, 15) is 9.59 Å². The molecule has 2 fully saturated rings. The zero-order valence-electron chi connectivity index (χ0n) is 18.0. The Kier molecular flexibility index (Phi) is 6.83. The van der Waals surface area contributed by atoms with Crippen molar-refractivity contribution in [2.24, 2.45) is 5.73 Å². The molecule has 2 aromatic rings. The smallest absolute Gasteiger partial charge is 0.254 e. The van der Waals surface area contributed by atoms with E-state index in [2.05, 4.69) is 40.3 Å². The van der Waals surface area contributed by atoms with E-state index in [0.717, 1.165) is 39.1 Å². The van der Waals surface area contributed by atoms with Crippen LogP contribution in [0.4, 0.5) is 5.69 Å². The molecule has 0 saturated carbocycles.